The van der Waals surface area contributed by atoms with Gasteiger partial charge in [0.15, 0.2) is 0 Å². The molecule has 2 fully saturated rings. The van der Waals surface area contributed by atoms with Gasteiger partial charge in [-0.15, -0.1) is 0 Å². The van der Waals surface area contributed by atoms with E-state index < -0.39 is 5.60 Å². The molecule has 2 rings (SSSR count). The van der Waals surface area contributed by atoms with Gasteiger partial charge < -0.3 is 10.8 Å². The Morgan fingerprint density at radius 2 is 2.00 bits per heavy atom. The van der Waals surface area contributed by atoms with Crippen LogP contribution in [0.2, 0.25) is 0 Å². The second kappa shape index (κ2) is 3.58. The lowest BCUT2D eigenvalue weighted by Crippen LogP contribution is -2.43. The summed E-state index contributed by atoms with van der Waals surface area (Å²) in [5.74, 6) is 1.40. The molecule has 2 unspecified atom stereocenters. The molecule has 0 aliphatic heterocycles. The summed E-state index contributed by atoms with van der Waals surface area (Å²) in [6, 6.07) is 0. The van der Waals surface area contributed by atoms with Gasteiger partial charge in [0.1, 0.15) is 0 Å². The van der Waals surface area contributed by atoms with E-state index in [2.05, 4.69) is 0 Å². The van der Waals surface area contributed by atoms with Crippen molar-refractivity contribution in [1.82, 2.24) is 0 Å². The van der Waals surface area contributed by atoms with Crippen LogP contribution in [0.15, 0.2) is 0 Å². The van der Waals surface area contributed by atoms with E-state index in [1.165, 1.54) is 32.1 Å². The highest BCUT2D eigenvalue weighted by atomic mass is 16.3. The van der Waals surface area contributed by atoms with E-state index in [0.29, 0.717) is 12.5 Å². The van der Waals surface area contributed by atoms with Crippen LogP contribution in [-0.4, -0.2) is 17.3 Å². The summed E-state index contributed by atoms with van der Waals surface area (Å²) in [4.78, 5) is 0. The molecule has 0 amide bonds. The molecule has 76 valence electrons. The van der Waals surface area contributed by atoms with Gasteiger partial charge in [0.05, 0.1) is 5.60 Å². The monoisotopic (exact) mass is 183 g/mol. The molecule has 2 aliphatic rings. The number of aliphatic hydroxyl groups is 1. The van der Waals surface area contributed by atoms with Gasteiger partial charge >= 0.3 is 0 Å². The second-order valence-corrected chi connectivity index (χ2v) is 4.83. The maximum Gasteiger partial charge on any atom is 0.0690 e. The van der Waals surface area contributed by atoms with Gasteiger partial charge in [0.25, 0.3) is 0 Å². The van der Waals surface area contributed by atoms with Crippen LogP contribution in [0.25, 0.3) is 0 Å². The van der Waals surface area contributed by atoms with E-state index in [0.717, 1.165) is 18.8 Å². The van der Waals surface area contributed by atoms with Crippen LogP contribution >= 0.6 is 0 Å². The summed E-state index contributed by atoms with van der Waals surface area (Å²) in [6.07, 6.45) is 8.24. The molecular formula is C11H21NO. The Labute approximate surface area is 80.5 Å². The first-order chi connectivity index (χ1) is 6.26. The summed E-state index contributed by atoms with van der Waals surface area (Å²) < 4.78 is 0. The summed E-state index contributed by atoms with van der Waals surface area (Å²) in [6.45, 7) is 0.639. The molecule has 0 aromatic rings. The molecule has 0 saturated heterocycles. The molecule has 0 bridgehead atoms. The van der Waals surface area contributed by atoms with E-state index in [1.807, 2.05) is 0 Å². The lowest BCUT2D eigenvalue weighted by molar-refractivity contribution is -0.0614. The number of hydrogen-bond donors (Lipinski definition) is 2. The highest BCUT2D eigenvalue weighted by molar-refractivity contribution is 4.97. The van der Waals surface area contributed by atoms with Crippen LogP contribution in [-0.2, 0) is 0 Å². The van der Waals surface area contributed by atoms with Crippen molar-refractivity contribution in [2.24, 2.45) is 17.6 Å². The topological polar surface area (TPSA) is 46.2 Å². The van der Waals surface area contributed by atoms with Gasteiger partial charge in [-0.05, 0) is 50.5 Å². The molecule has 0 spiro atoms. The lowest BCUT2D eigenvalue weighted by Gasteiger charge is -2.40. The zero-order valence-corrected chi connectivity index (χ0v) is 8.34. The van der Waals surface area contributed by atoms with E-state index in [-0.39, 0.29) is 0 Å². The van der Waals surface area contributed by atoms with Crippen LogP contribution in [0.3, 0.4) is 0 Å². The summed E-state index contributed by atoms with van der Waals surface area (Å²) in [5.41, 5.74) is 5.17. The average molecular weight is 183 g/mol. The van der Waals surface area contributed by atoms with Crippen LogP contribution < -0.4 is 5.73 Å². The minimum absolute atomic E-state index is 0.395. The standard InChI is InChI=1S/C11H21NO/c12-8-7-11(13)6-2-1-3-10(11)9-4-5-9/h9-10,13H,1-8,12H2. The largest absolute Gasteiger partial charge is 0.390 e. The van der Waals surface area contributed by atoms with Crippen molar-refractivity contribution in [3.8, 4) is 0 Å². The Balaban J connectivity index is 2.01. The van der Waals surface area contributed by atoms with Gasteiger partial charge in [-0.2, -0.15) is 0 Å². The Morgan fingerprint density at radius 1 is 1.23 bits per heavy atom. The van der Waals surface area contributed by atoms with Gasteiger partial charge in [-0.1, -0.05) is 12.8 Å². The fourth-order valence-electron chi connectivity index (χ4n) is 2.98. The maximum absolute atomic E-state index is 10.5. The van der Waals surface area contributed by atoms with Gasteiger partial charge in [-0.25, -0.2) is 0 Å². The fourth-order valence-corrected chi connectivity index (χ4v) is 2.98. The van der Waals surface area contributed by atoms with Crippen LogP contribution in [0.5, 0.6) is 0 Å². The quantitative estimate of drug-likeness (QED) is 0.699. The predicted octanol–water partition coefficient (Wildman–Crippen LogP) is 1.67. The first-order valence-corrected chi connectivity index (χ1v) is 5.69. The van der Waals surface area contributed by atoms with Crippen molar-refractivity contribution in [3.63, 3.8) is 0 Å². The molecule has 2 atom stereocenters. The molecule has 0 radical (unpaired) electrons. The highest BCUT2D eigenvalue weighted by Gasteiger charge is 2.45. The third-order valence-corrected chi connectivity index (χ3v) is 3.83. The van der Waals surface area contributed by atoms with Crippen LogP contribution in [0.1, 0.15) is 44.9 Å². The van der Waals surface area contributed by atoms with E-state index in [9.17, 15) is 5.11 Å². The minimum Gasteiger partial charge on any atom is -0.390 e. The van der Waals surface area contributed by atoms with Crippen LogP contribution in [0, 0.1) is 11.8 Å². The number of rotatable bonds is 3. The maximum atomic E-state index is 10.5. The third-order valence-electron chi connectivity index (χ3n) is 3.83. The fraction of sp³-hybridized carbons (Fsp3) is 1.00. The first-order valence-electron chi connectivity index (χ1n) is 5.69. The van der Waals surface area contributed by atoms with Gasteiger partial charge in [0, 0.05) is 0 Å². The van der Waals surface area contributed by atoms with Crippen molar-refractivity contribution < 1.29 is 5.11 Å². The van der Waals surface area contributed by atoms with Gasteiger partial charge in [-0.3, -0.25) is 0 Å². The van der Waals surface area contributed by atoms with Crippen LogP contribution in [0.4, 0.5) is 0 Å². The molecular weight excluding hydrogens is 162 g/mol. The average Bonchev–Trinajstić information content (AvgIpc) is 2.88. The number of nitrogens with two attached hydrogens (primary N) is 1. The Bertz CT molecular complexity index is 175. The van der Waals surface area contributed by atoms with E-state index in [4.69, 9.17) is 5.73 Å². The Kier molecular flexibility index (Phi) is 2.61. The van der Waals surface area contributed by atoms with Crippen molar-refractivity contribution in [2.75, 3.05) is 6.54 Å². The zero-order valence-electron chi connectivity index (χ0n) is 8.34. The van der Waals surface area contributed by atoms with Crippen molar-refractivity contribution in [1.29, 1.82) is 0 Å². The minimum atomic E-state index is -0.395. The zero-order chi connectivity index (χ0) is 9.31. The molecule has 2 saturated carbocycles. The smallest absolute Gasteiger partial charge is 0.0690 e. The molecule has 3 N–H and O–H groups in total. The molecule has 0 aromatic heterocycles. The third kappa shape index (κ3) is 1.89. The molecule has 13 heavy (non-hydrogen) atoms. The predicted molar refractivity (Wildman–Crippen MR) is 53.3 cm³/mol. The summed E-state index contributed by atoms with van der Waals surface area (Å²) >= 11 is 0. The first kappa shape index (κ1) is 9.47. The van der Waals surface area contributed by atoms with Gasteiger partial charge in [0.2, 0.25) is 0 Å². The van der Waals surface area contributed by atoms with Crippen molar-refractivity contribution in [2.45, 2.75) is 50.5 Å². The molecule has 0 aromatic carbocycles. The molecule has 0 heterocycles. The Morgan fingerprint density at radius 3 is 2.62 bits per heavy atom. The SMILES string of the molecule is NCCC1(O)CCCCC1C1CC1. The Hall–Kier alpha value is -0.0800. The molecule has 2 aliphatic carbocycles. The lowest BCUT2D eigenvalue weighted by atomic mass is 9.71. The number of hydrogen-bond acceptors (Lipinski definition) is 2. The second-order valence-electron chi connectivity index (χ2n) is 4.83. The normalized spacial score (nSPS) is 40.6. The van der Waals surface area contributed by atoms with E-state index in [1.54, 1.807) is 0 Å². The van der Waals surface area contributed by atoms with E-state index >= 15 is 0 Å². The highest BCUT2D eigenvalue weighted by Crippen LogP contribution is 2.49. The molecule has 2 nitrogen and oxygen atoms in total. The molecule has 2 heteroatoms. The summed E-state index contributed by atoms with van der Waals surface area (Å²) in [7, 11) is 0. The van der Waals surface area contributed by atoms with Crippen molar-refractivity contribution in [3.05, 3.63) is 0 Å². The van der Waals surface area contributed by atoms with Crippen molar-refractivity contribution >= 4 is 0 Å². The summed E-state index contributed by atoms with van der Waals surface area (Å²) in [5, 5.41) is 10.5.